The van der Waals surface area contributed by atoms with Crippen LogP contribution in [0.4, 0.5) is 5.69 Å². The van der Waals surface area contributed by atoms with Gasteiger partial charge in [0, 0.05) is 13.2 Å². The molecule has 2 N–H and O–H groups in total. The van der Waals surface area contributed by atoms with Gasteiger partial charge in [-0.25, -0.2) is 9.36 Å². The fraction of sp³-hybridized carbons (Fsp3) is 0.333. The molecule has 0 radical (unpaired) electrons. The molecule has 0 aliphatic heterocycles. The summed E-state index contributed by atoms with van der Waals surface area (Å²) in [7, 11) is 1.87. The van der Waals surface area contributed by atoms with Crippen molar-refractivity contribution in [1.29, 1.82) is 0 Å². The predicted octanol–water partition coefficient (Wildman–Crippen LogP) is 1.35. The maximum absolute atomic E-state index is 6.01. The fourth-order valence-electron chi connectivity index (χ4n) is 1.54. The Kier molecular flexibility index (Phi) is 2.68. The molecule has 0 aromatic carbocycles. The summed E-state index contributed by atoms with van der Waals surface area (Å²) in [6.45, 7) is 2.04. The molecule has 2 aromatic heterocycles. The van der Waals surface area contributed by atoms with E-state index in [4.69, 9.17) is 5.73 Å². The minimum Gasteiger partial charge on any atom is -0.394 e. The Labute approximate surface area is 101 Å². The number of hydrogen-bond acceptors (Lipinski definition) is 3. The molecule has 0 aliphatic rings. The van der Waals surface area contributed by atoms with Crippen molar-refractivity contribution in [3.63, 3.8) is 0 Å². The highest BCUT2D eigenvalue weighted by atomic mass is 127. The van der Waals surface area contributed by atoms with Gasteiger partial charge in [-0.2, -0.15) is 10.2 Å². The molecule has 0 saturated carbocycles. The van der Waals surface area contributed by atoms with Gasteiger partial charge in [0.1, 0.15) is 5.69 Å². The Morgan fingerprint density at radius 3 is 2.73 bits per heavy atom. The number of nitrogen functional groups attached to an aromatic ring is 1. The van der Waals surface area contributed by atoms with Crippen LogP contribution in [0.15, 0.2) is 12.4 Å². The quantitative estimate of drug-likeness (QED) is 0.851. The average molecular weight is 317 g/mol. The van der Waals surface area contributed by atoms with Gasteiger partial charge in [-0.15, -0.1) is 0 Å². The van der Waals surface area contributed by atoms with E-state index < -0.39 is 0 Å². The molecular formula is C9H12IN5. The lowest BCUT2D eigenvalue weighted by atomic mass is 10.3. The summed E-state index contributed by atoms with van der Waals surface area (Å²) < 4.78 is 4.59. The molecule has 80 valence electrons. The Morgan fingerprint density at radius 1 is 1.53 bits per heavy atom. The Bertz CT molecular complexity index is 485. The van der Waals surface area contributed by atoms with Gasteiger partial charge < -0.3 is 5.73 Å². The van der Waals surface area contributed by atoms with Crippen molar-refractivity contribution >= 4 is 28.3 Å². The number of hydrogen-bond donors (Lipinski definition) is 1. The summed E-state index contributed by atoms with van der Waals surface area (Å²) in [6, 6.07) is 0. The topological polar surface area (TPSA) is 61.7 Å². The molecule has 2 heterocycles. The van der Waals surface area contributed by atoms with E-state index in [0.717, 1.165) is 21.5 Å². The van der Waals surface area contributed by atoms with E-state index in [0.29, 0.717) is 5.69 Å². The molecule has 0 spiro atoms. The van der Waals surface area contributed by atoms with Crippen LogP contribution >= 0.6 is 22.6 Å². The van der Waals surface area contributed by atoms with Crippen LogP contribution in [0.2, 0.25) is 0 Å². The second-order valence-electron chi connectivity index (χ2n) is 3.26. The maximum Gasteiger partial charge on any atom is 0.175 e. The van der Waals surface area contributed by atoms with Crippen molar-refractivity contribution in [3.05, 3.63) is 21.7 Å². The van der Waals surface area contributed by atoms with E-state index in [2.05, 4.69) is 32.8 Å². The van der Waals surface area contributed by atoms with Crippen molar-refractivity contribution in [3.8, 4) is 5.82 Å². The van der Waals surface area contributed by atoms with Crippen LogP contribution in [0.5, 0.6) is 0 Å². The van der Waals surface area contributed by atoms with Gasteiger partial charge in [-0.1, -0.05) is 6.92 Å². The minimum atomic E-state index is 0.708. The molecule has 0 saturated heterocycles. The van der Waals surface area contributed by atoms with Gasteiger partial charge in [0.05, 0.1) is 15.5 Å². The first kappa shape index (κ1) is 10.5. The van der Waals surface area contributed by atoms with Crippen molar-refractivity contribution < 1.29 is 0 Å². The highest BCUT2D eigenvalue weighted by molar-refractivity contribution is 14.1. The Balaban J connectivity index is 2.57. The van der Waals surface area contributed by atoms with Crippen LogP contribution in [0.1, 0.15) is 12.6 Å². The summed E-state index contributed by atoms with van der Waals surface area (Å²) in [5, 5.41) is 8.57. The average Bonchev–Trinajstić information content (AvgIpc) is 2.71. The third-order valence-electron chi connectivity index (χ3n) is 2.23. The zero-order chi connectivity index (χ0) is 11.0. The van der Waals surface area contributed by atoms with E-state index in [1.54, 1.807) is 15.6 Å². The smallest absolute Gasteiger partial charge is 0.175 e. The highest BCUT2D eigenvalue weighted by Crippen LogP contribution is 2.21. The lowest BCUT2D eigenvalue weighted by molar-refractivity contribution is 0.690. The van der Waals surface area contributed by atoms with Crippen molar-refractivity contribution in [2.24, 2.45) is 7.05 Å². The largest absolute Gasteiger partial charge is 0.394 e. The van der Waals surface area contributed by atoms with E-state index in [1.807, 2.05) is 20.2 Å². The van der Waals surface area contributed by atoms with Gasteiger partial charge in [0.25, 0.3) is 0 Å². The zero-order valence-corrected chi connectivity index (χ0v) is 10.8. The summed E-state index contributed by atoms with van der Waals surface area (Å²) in [6.07, 6.45) is 4.55. The van der Waals surface area contributed by atoms with E-state index in [9.17, 15) is 0 Å². The second-order valence-corrected chi connectivity index (χ2v) is 4.51. The molecule has 0 aliphatic carbocycles. The zero-order valence-electron chi connectivity index (χ0n) is 8.61. The Hall–Kier alpha value is -1.05. The molecule has 15 heavy (non-hydrogen) atoms. The van der Waals surface area contributed by atoms with Crippen molar-refractivity contribution in [2.75, 3.05) is 5.73 Å². The summed E-state index contributed by atoms with van der Waals surface area (Å²) >= 11 is 2.21. The molecule has 0 fully saturated rings. The number of aromatic nitrogens is 4. The molecular weight excluding hydrogens is 305 g/mol. The van der Waals surface area contributed by atoms with E-state index >= 15 is 0 Å². The number of nitrogens with two attached hydrogens (primary N) is 1. The number of nitrogens with zero attached hydrogens (tertiary/aromatic N) is 4. The maximum atomic E-state index is 6.01. The monoisotopic (exact) mass is 317 g/mol. The molecule has 5 nitrogen and oxygen atoms in total. The minimum absolute atomic E-state index is 0.708. The van der Waals surface area contributed by atoms with E-state index in [-0.39, 0.29) is 0 Å². The lowest BCUT2D eigenvalue weighted by Gasteiger charge is -2.02. The van der Waals surface area contributed by atoms with Gasteiger partial charge >= 0.3 is 0 Å². The molecule has 0 unspecified atom stereocenters. The number of rotatable bonds is 2. The van der Waals surface area contributed by atoms with Gasteiger partial charge in [0.15, 0.2) is 5.82 Å². The third-order valence-corrected chi connectivity index (χ3v) is 2.79. The van der Waals surface area contributed by atoms with E-state index in [1.165, 1.54) is 0 Å². The third kappa shape index (κ3) is 1.73. The summed E-state index contributed by atoms with van der Waals surface area (Å²) in [5.41, 5.74) is 7.63. The predicted molar refractivity (Wildman–Crippen MR) is 66.8 cm³/mol. The standard InChI is InChI=1S/C9H12IN5/c1-3-7-8(11)9(14(2)13-7)15-5-6(10)4-12-15/h4-5H,3,11H2,1-2H3. The molecule has 6 heteroatoms. The van der Waals surface area contributed by atoms with Crippen LogP contribution in [0.3, 0.4) is 0 Å². The molecule has 0 atom stereocenters. The van der Waals surface area contributed by atoms with Crippen LogP contribution in [0.25, 0.3) is 5.82 Å². The molecule has 2 aromatic rings. The summed E-state index contributed by atoms with van der Waals surface area (Å²) in [5.74, 6) is 0.828. The SMILES string of the molecule is CCc1nn(C)c(-n2cc(I)cn2)c1N. The number of halogens is 1. The normalized spacial score (nSPS) is 10.9. The first-order chi connectivity index (χ1) is 7.13. The van der Waals surface area contributed by atoms with Crippen molar-refractivity contribution in [1.82, 2.24) is 19.6 Å². The first-order valence-electron chi connectivity index (χ1n) is 4.65. The van der Waals surface area contributed by atoms with Crippen LogP contribution < -0.4 is 5.73 Å². The van der Waals surface area contributed by atoms with Crippen molar-refractivity contribution in [2.45, 2.75) is 13.3 Å². The molecule has 0 bridgehead atoms. The van der Waals surface area contributed by atoms with Gasteiger partial charge in [-0.05, 0) is 29.0 Å². The fourth-order valence-corrected chi connectivity index (χ4v) is 1.92. The summed E-state index contributed by atoms with van der Waals surface area (Å²) in [4.78, 5) is 0. The second kappa shape index (κ2) is 3.84. The number of anilines is 1. The Morgan fingerprint density at radius 2 is 2.27 bits per heavy atom. The highest BCUT2D eigenvalue weighted by Gasteiger charge is 2.14. The van der Waals surface area contributed by atoms with Crippen LogP contribution in [0, 0.1) is 3.57 Å². The molecule has 0 amide bonds. The van der Waals surface area contributed by atoms with Crippen LogP contribution in [-0.2, 0) is 13.5 Å². The number of aryl methyl sites for hydroxylation is 2. The first-order valence-corrected chi connectivity index (χ1v) is 5.73. The van der Waals surface area contributed by atoms with Crippen LogP contribution in [-0.4, -0.2) is 19.6 Å². The van der Waals surface area contributed by atoms with Gasteiger partial charge in [-0.3, -0.25) is 0 Å². The lowest BCUT2D eigenvalue weighted by Crippen LogP contribution is -2.05. The van der Waals surface area contributed by atoms with Gasteiger partial charge in [0.2, 0.25) is 0 Å². The molecule has 2 rings (SSSR count).